The second kappa shape index (κ2) is 8.11. The van der Waals surface area contributed by atoms with Crippen LogP contribution in [0.4, 0.5) is 14.9 Å². The predicted octanol–water partition coefficient (Wildman–Crippen LogP) is 5.91. The van der Waals surface area contributed by atoms with Crippen molar-refractivity contribution in [1.82, 2.24) is 4.90 Å². The molecule has 5 nitrogen and oxygen atoms in total. The van der Waals surface area contributed by atoms with Crippen molar-refractivity contribution < 1.29 is 18.3 Å². The van der Waals surface area contributed by atoms with Crippen LogP contribution in [0.5, 0.6) is 5.75 Å². The van der Waals surface area contributed by atoms with Crippen molar-refractivity contribution in [3.8, 4) is 5.75 Å². The van der Waals surface area contributed by atoms with Crippen LogP contribution in [0.15, 0.2) is 53.1 Å². The first-order chi connectivity index (χ1) is 14.7. The third-order valence-electron chi connectivity index (χ3n) is 6.38. The van der Waals surface area contributed by atoms with Crippen LogP contribution in [0, 0.1) is 5.82 Å². The van der Waals surface area contributed by atoms with Gasteiger partial charge >= 0.3 is 6.09 Å². The number of piperidine rings is 2. The van der Waals surface area contributed by atoms with E-state index in [1.807, 2.05) is 18.4 Å². The van der Waals surface area contributed by atoms with E-state index in [-0.39, 0.29) is 5.82 Å². The van der Waals surface area contributed by atoms with Crippen molar-refractivity contribution in [2.75, 3.05) is 18.4 Å². The highest BCUT2D eigenvalue weighted by molar-refractivity contribution is 5.91. The Labute approximate surface area is 174 Å². The third kappa shape index (κ3) is 3.92. The maximum absolute atomic E-state index is 13.0. The zero-order valence-corrected chi connectivity index (χ0v) is 16.8. The number of hydrogen-bond acceptors (Lipinski definition) is 4. The molecule has 1 amide bonds. The number of amides is 1. The number of hydrogen-bond donors (Lipinski definition) is 1. The van der Waals surface area contributed by atoms with E-state index in [4.69, 9.17) is 9.15 Å². The summed E-state index contributed by atoms with van der Waals surface area (Å²) in [4.78, 5) is 14.9. The number of benzene rings is 2. The molecule has 5 rings (SSSR count). The second-order valence-corrected chi connectivity index (χ2v) is 8.28. The van der Waals surface area contributed by atoms with Crippen LogP contribution < -0.4 is 10.1 Å². The van der Waals surface area contributed by atoms with Gasteiger partial charge in [-0.2, -0.15) is 0 Å². The summed E-state index contributed by atoms with van der Waals surface area (Å²) in [6.07, 6.45) is 7.50. The number of ether oxygens (including phenoxy) is 1. The topological polar surface area (TPSA) is 54.7 Å². The lowest BCUT2D eigenvalue weighted by Gasteiger charge is -2.42. The fourth-order valence-electron chi connectivity index (χ4n) is 4.87. The van der Waals surface area contributed by atoms with Gasteiger partial charge in [0.1, 0.15) is 17.1 Å². The highest BCUT2D eigenvalue weighted by Crippen LogP contribution is 2.39. The van der Waals surface area contributed by atoms with Gasteiger partial charge in [-0.05, 0) is 87.2 Å². The van der Waals surface area contributed by atoms with Crippen molar-refractivity contribution in [1.29, 1.82) is 0 Å². The van der Waals surface area contributed by atoms with Crippen LogP contribution in [0.25, 0.3) is 11.0 Å². The van der Waals surface area contributed by atoms with Gasteiger partial charge in [-0.1, -0.05) is 6.42 Å². The standard InChI is InChI=1S/C24H25FN2O3/c25-17-4-7-20(8-5-17)30-24(28)26-18-6-9-23-21(14-18)22(15-29-23)16-10-12-27-11-2-1-3-19(27)13-16/h4-9,14-16,19H,1-3,10-13H2,(H,26,28). The van der Waals surface area contributed by atoms with Gasteiger partial charge in [0.15, 0.2) is 0 Å². The van der Waals surface area contributed by atoms with Gasteiger partial charge in [-0.25, -0.2) is 9.18 Å². The number of nitrogens with zero attached hydrogens (tertiary/aromatic N) is 1. The number of rotatable bonds is 3. The summed E-state index contributed by atoms with van der Waals surface area (Å²) >= 11 is 0. The summed E-state index contributed by atoms with van der Waals surface area (Å²) < 4.78 is 24.0. The Bertz CT molecular complexity index is 1050. The summed E-state index contributed by atoms with van der Waals surface area (Å²) in [7, 11) is 0. The smallest absolute Gasteiger partial charge is 0.417 e. The lowest BCUT2D eigenvalue weighted by Crippen LogP contribution is -2.44. The van der Waals surface area contributed by atoms with Crippen molar-refractivity contribution in [2.45, 2.75) is 44.1 Å². The van der Waals surface area contributed by atoms with Gasteiger partial charge in [-0.3, -0.25) is 5.32 Å². The molecule has 6 heteroatoms. The van der Waals surface area contributed by atoms with Crippen LogP contribution in [-0.2, 0) is 0 Å². The molecule has 1 aromatic heterocycles. The minimum atomic E-state index is -0.610. The molecule has 2 unspecified atom stereocenters. The molecular formula is C24H25FN2O3. The average molecular weight is 408 g/mol. The van der Waals surface area contributed by atoms with Crippen LogP contribution in [0.3, 0.4) is 0 Å². The predicted molar refractivity (Wildman–Crippen MR) is 113 cm³/mol. The lowest BCUT2D eigenvalue weighted by atomic mass is 9.82. The Hall–Kier alpha value is -2.86. The Balaban J connectivity index is 1.31. The minimum Gasteiger partial charge on any atom is -0.464 e. The molecule has 0 aliphatic carbocycles. The highest BCUT2D eigenvalue weighted by atomic mass is 19.1. The minimum absolute atomic E-state index is 0.290. The molecule has 2 atom stereocenters. The average Bonchev–Trinajstić information content (AvgIpc) is 3.18. The number of carbonyl (C=O) groups excluding carboxylic acids is 1. The first-order valence-corrected chi connectivity index (χ1v) is 10.7. The zero-order chi connectivity index (χ0) is 20.5. The molecule has 0 spiro atoms. The number of fused-ring (bicyclic) bond motifs is 2. The Morgan fingerprint density at radius 1 is 1.10 bits per heavy atom. The molecule has 3 heterocycles. The highest BCUT2D eigenvalue weighted by Gasteiger charge is 2.32. The van der Waals surface area contributed by atoms with E-state index in [1.54, 1.807) is 6.07 Å². The monoisotopic (exact) mass is 408 g/mol. The van der Waals surface area contributed by atoms with Gasteiger partial charge in [0.25, 0.3) is 0 Å². The third-order valence-corrected chi connectivity index (χ3v) is 6.38. The molecule has 0 bridgehead atoms. The second-order valence-electron chi connectivity index (χ2n) is 8.28. The van der Waals surface area contributed by atoms with Crippen molar-refractivity contribution >= 4 is 22.7 Å². The van der Waals surface area contributed by atoms with Gasteiger partial charge in [0.2, 0.25) is 0 Å². The van der Waals surface area contributed by atoms with E-state index >= 15 is 0 Å². The summed E-state index contributed by atoms with van der Waals surface area (Å²) in [6.45, 7) is 2.37. The van der Waals surface area contributed by atoms with Crippen molar-refractivity contribution in [2.24, 2.45) is 0 Å². The van der Waals surface area contributed by atoms with Gasteiger partial charge in [0.05, 0.1) is 6.26 Å². The molecule has 0 saturated carbocycles. The van der Waals surface area contributed by atoms with E-state index in [0.29, 0.717) is 23.4 Å². The SMILES string of the molecule is O=C(Nc1ccc2occ(C3CCN4CCCCC4C3)c2c1)Oc1ccc(F)cc1. The zero-order valence-electron chi connectivity index (χ0n) is 16.8. The number of anilines is 1. The van der Waals surface area contributed by atoms with Crippen LogP contribution in [-0.4, -0.2) is 30.1 Å². The Morgan fingerprint density at radius 2 is 1.97 bits per heavy atom. The molecule has 156 valence electrons. The largest absolute Gasteiger partial charge is 0.464 e. The molecule has 3 aromatic rings. The van der Waals surface area contributed by atoms with Crippen LogP contribution >= 0.6 is 0 Å². The van der Waals surface area contributed by atoms with Crippen LogP contribution in [0.1, 0.15) is 43.6 Å². The molecule has 2 saturated heterocycles. The van der Waals surface area contributed by atoms with Gasteiger partial charge < -0.3 is 14.1 Å². The van der Waals surface area contributed by atoms with E-state index in [9.17, 15) is 9.18 Å². The fraction of sp³-hybridized carbons (Fsp3) is 0.375. The number of nitrogens with one attached hydrogen (secondary N) is 1. The summed E-state index contributed by atoms with van der Waals surface area (Å²) in [5, 5.41) is 3.80. The molecule has 2 fully saturated rings. The number of halogens is 1. The first-order valence-electron chi connectivity index (χ1n) is 10.7. The van der Waals surface area contributed by atoms with Crippen LogP contribution in [0.2, 0.25) is 0 Å². The van der Waals surface area contributed by atoms with E-state index in [0.717, 1.165) is 23.9 Å². The quantitative estimate of drug-likeness (QED) is 0.585. The maximum atomic E-state index is 13.0. The van der Waals surface area contributed by atoms with Gasteiger partial charge in [0, 0.05) is 22.7 Å². The molecule has 2 aliphatic rings. The fourth-order valence-corrected chi connectivity index (χ4v) is 4.87. The number of furan rings is 1. The van der Waals surface area contributed by atoms with Gasteiger partial charge in [-0.15, -0.1) is 0 Å². The van der Waals surface area contributed by atoms with Crippen molar-refractivity contribution in [3.63, 3.8) is 0 Å². The normalized spacial score (nSPS) is 21.9. The van der Waals surface area contributed by atoms with E-state index in [1.165, 1.54) is 62.1 Å². The van der Waals surface area contributed by atoms with E-state index < -0.39 is 6.09 Å². The molecule has 2 aromatic carbocycles. The summed E-state index contributed by atoms with van der Waals surface area (Å²) in [6, 6.07) is 11.7. The summed E-state index contributed by atoms with van der Waals surface area (Å²) in [5.74, 6) is 0.394. The first kappa shape index (κ1) is 19.1. The Kier molecular flexibility index (Phi) is 5.17. The van der Waals surface area contributed by atoms with E-state index in [2.05, 4.69) is 10.2 Å². The lowest BCUT2D eigenvalue weighted by molar-refractivity contribution is 0.0975. The molecule has 1 N–H and O–H groups in total. The molecule has 2 aliphatic heterocycles. The molecule has 0 radical (unpaired) electrons. The number of carbonyl (C=O) groups is 1. The Morgan fingerprint density at radius 3 is 2.83 bits per heavy atom. The van der Waals surface area contributed by atoms with Crippen molar-refractivity contribution in [3.05, 3.63) is 60.1 Å². The molecular weight excluding hydrogens is 383 g/mol. The maximum Gasteiger partial charge on any atom is 0.417 e. The summed E-state index contributed by atoms with van der Waals surface area (Å²) in [5.41, 5.74) is 2.70. The molecule has 30 heavy (non-hydrogen) atoms.